The number of rotatable bonds is 13. The predicted molar refractivity (Wildman–Crippen MR) is 82.9 cm³/mol. The normalized spacial score (nSPS) is 10.3. The number of hydrogen-bond acceptors (Lipinski definition) is 4. The average Bonchev–Trinajstić information content (AvgIpc) is 2.43. The summed E-state index contributed by atoms with van der Waals surface area (Å²) < 4.78 is 10.1. The summed E-state index contributed by atoms with van der Waals surface area (Å²) >= 11 is 3.32. The molecule has 0 aromatic heterocycles. The van der Waals surface area contributed by atoms with Crippen LogP contribution in [-0.4, -0.2) is 30.5 Å². The van der Waals surface area contributed by atoms with E-state index in [1.165, 1.54) is 12.8 Å². The van der Waals surface area contributed by atoms with E-state index in [0.717, 1.165) is 31.0 Å². The molecule has 0 saturated heterocycles. The molecular formula is C15H27BrO4. The molecule has 0 aromatic carbocycles. The van der Waals surface area contributed by atoms with Crippen molar-refractivity contribution in [1.29, 1.82) is 0 Å². The van der Waals surface area contributed by atoms with Crippen LogP contribution in [0, 0.1) is 0 Å². The van der Waals surface area contributed by atoms with Crippen LogP contribution < -0.4 is 0 Å². The van der Waals surface area contributed by atoms with E-state index < -0.39 is 0 Å². The number of esters is 2. The van der Waals surface area contributed by atoms with Gasteiger partial charge in [0.25, 0.3) is 0 Å². The van der Waals surface area contributed by atoms with Gasteiger partial charge in [0.1, 0.15) is 0 Å². The van der Waals surface area contributed by atoms with Crippen molar-refractivity contribution >= 4 is 27.9 Å². The van der Waals surface area contributed by atoms with Crippen LogP contribution in [0.5, 0.6) is 0 Å². The van der Waals surface area contributed by atoms with E-state index in [2.05, 4.69) is 22.9 Å². The summed E-state index contributed by atoms with van der Waals surface area (Å²) in [7, 11) is 0. The second-order valence-corrected chi connectivity index (χ2v) is 5.54. The van der Waals surface area contributed by atoms with Crippen LogP contribution in [-0.2, 0) is 19.1 Å². The Morgan fingerprint density at radius 2 is 1.35 bits per heavy atom. The summed E-state index contributed by atoms with van der Waals surface area (Å²) in [6.45, 7) is 3.10. The molecule has 0 heterocycles. The van der Waals surface area contributed by atoms with Gasteiger partial charge in [-0.25, -0.2) is 0 Å². The Kier molecular flexibility index (Phi) is 14.4. The highest BCUT2D eigenvalue weighted by Gasteiger charge is 2.07. The Morgan fingerprint density at radius 3 is 1.85 bits per heavy atom. The Labute approximate surface area is 130 Å². The number of carbonyl (C=O) groups excluding carboxylic acids is 2. The van der Waals surface area contributed by atoms with Crippen molar-refractivity contribution in [3.8, 4) is 0 Å². The van der Waals surface area contributed by atoms with Crippen LogP contribution in [0.25, 0.3) is 0 Å². The molecule has 20 heavy (non-hydrogen) atoms. The van der Waals surface area contributed by atoms with E-state index >= 15 is 0 Å². The van der Waals surface area contributed by atoms with Gasteiger partial charge in [-0.05, 0) is 25.7 Å². The molecule has 0 aliphatic rings. The summed E-state index contributed by atoms with van der Waals surface area (Å²) in [6, 6.07) is 0. The van der Waals surface area contributed by atoms with Crippen molar-refractivity contribution in [1.82, 2.24) is 0 Å². The highest BCUT2D eigenvalue weighted by molar-refractivity contribution is 9.09. The molecule has 0 unspecified atom stereocenters. The fraction of sp³-hybridized carbons (Fsp3) is 0.867. The van der Waals surface area contributed by atoms with Crippen LogP contribution in [0.2, 0.25) is 0 Å². The molecular weight excluding hydrogens is 324 g/mol. The maximum Gasteiger partial charge on any atom is 0.305 e. The van der Waals surface area contributed by atoms with Gasteiger partial charge >= 0.3 is 11.9 Å². The number of alkyl halides is 1. The molecule has 0 aliphatic heterocycles. The van der Waals surface area contributed by atoms with E-state index in [4.69, 9.17) is 9.47 Å². The van der Waals surface area contributed by atoms with Crippen molar-refractivity contribution in [3.05, 3.63) is 0 Å². The SMILES string of the molecule is CCCCCCOC(=O)CCCC(=O)OCCCCBr. The fourth-order valence-corrected chi connectivity index (χ4v) is 2.02. The minimum atomic E-state index is -0.227. The number of carbonyl (C=O) groups is 2. The third-order valence-electron chi connectivity index (χ3n) is 2.81. The highest BCUT2D eigenvalue weighted by atomic mass is 79.9. The predicted octanol–water partition coefficient (Wildman–Crippen LogP) is 4.00. The van der Waals surface area contributed by atoms with Gasteiger partial charge in [-0.15, -0.1) is 0 Å². The van der Waals surface area contributed by atoms with Gasteiger partial charge in [0.05, 0.1) is 13.2 Å². The number of ether oxygens (including phenoxy) is 2. The van der Waals surface area contributed by atoms with Crippen LogP contribution in [0.15, 0.2) is 0 Å². The van der Waals surface area contributed by atoms with Gasteiger partial charge in [-0.1, -0.05) is 42.1 Å². The van der Waals surface area contributed by atoms with Crippen molar-refractivity contribution in [2.24, 2.45) is 0 Å². The second kappa shape index (κ2) is 14.8. The first-order chi connectivity index (χ1) is 9.70. The summed E-state index contributed by atoms with van der Waals surface area (Å²) in [5.41, 5.74) is 0. The van der Waals surface area contributed by atoms with Gasteiger partial charge in [0.2, 0.25) is 0 Å². The first-order valence-electron chi connectivity index (χ1n) is 7.58. The zero-order valence-corrected chi connectivity index (χ0v) is 14.1. The smallest absolute Gasteiger partial charge is 0.305 e. The van der Waals surface area contributed by atoms with Crippen molar-refractivity contribution in [2.45, 2.75) is 64.7 Å². The summed E-state index contributed by atoms with van der Waals surface area (Å²) in [6.07, 6.45) is 7.34. The van der Waals surface area contributed by atoms with Gasteiger partial charge in [0.15, 0.2) is 0 Å². The summed E-state index contributed by atoms with van der Waals surface area (Å²) in [4.78, 5) is 22.7. The van der Waals surface area contributed by atoms with E-state index in [1.54, 1.807) is 0 Å². The second-order valence-electron chi connectivity index (χ2n) is 4.75. The minimum absolute atomic E-state index is 0.214. The van der Waals surface area contributed by atoms with E-state index in [1.807, 2.05) is 0 Å². The quantitative estimate of drug-likeness (QED) is 0.286. The highest BCUT2D eigenvalue weighted by Crippen LogP contribution is 2.03. The van der Waals surface area contributed by atoms with Crippen LogP contribution >= 0.6 is 15.9 Å². The molecule has 0 aromatic rings. The zero-order valence-electron chi connectivity index (χ0n) is 12.5. The van der Waals surface area contributed by atoms with Crippen molar-refractivity contribution in [2.75, 3.05) is 18.5 Å². The molecule has 0 amide bonds. The Hall–Kier alpha value is -0.580. The molecule has 0 N–H and O–H groups in total. The third kappa shape index (κ3) is 13.8. The monoisotopic (exact) mass is 350 g/mol. The lowest BCUT2D eigenvalue weighted by Crippen LogP contribution is -2.09. The maximum absolute atomic E-state index is 11.4. The molecule has 118 valence electrons. The molecule has 0 bridgehead atoms. The first kappa shape index (κ1) is 19.4. The molecule has 5 heteroatoms. The first-order valence-corrected chi connectivity index (χ1v) is 8.70. The average molecular weight is 351 g/mol. The van der Waals surface area contributed by atoms with E-state index in [0.29, 0.717) is 32.5 Å². The fourth-order valence-electron chi connectivity index (χ4n) is 1.62. The van der Waals surface area contributed by atoms with Gasteiger partial charge < -0.3 is 9.47 Å². The lowest BCUT2D eigenvalue weighted by molar-refractivity contribution is -0.145. The molecule has 0 aliphatic carbocycles. The molecule has 0 radical (unpaired) electrons. The van der Waals surface area contributed by atoms with Gasteiger partial charge in [-0.3, -0.25) is 9.59 Å². The largest absolute Gasteiger partial charge is 0.466 e. The Balaban J connectivity index is 3.35. The molecule has 0 atom stereocenters. The van der Waals surface area contributed by atoms with Crippen molar-refractivity contribution < 1.29 is 19.1 Å². The number of unbranched alkanes of at least 4 members (excludes halogenated alkanes) is 4. The summed E-state index contributed by atoms with van der Waals surface area (Å²) in [5, 5.41) is 0.925. The molecule has 0 fully saturated rings. The van der Waals surface area contributed by atoms with E-state index in [9.17, 15) is 9.59 Å². The van der Waals surface area contributed by atoms with Crippen LogP contribution in [0.4, 0.5) is 0 Å². The lowest BCUT2D eigenvalue weighted by Gasteiger charge is -2.05. The molecule has 4 nitrogen and oxygen atoms in total. The Bertz CT molecular complexity index is 256. The number of halogens is 1. The standard InChI is InChI=1S/C15H27BrO4/c1-2-3-4-6-12-19-14(17)9-8-10-15(18)20-13-7-5-11-16/h2-13H2,1H3. The number of hydrogen-bond donors (Lipinski definition) is 0. The maximum atomic E-state index is 11.4. The third-order valence-corrected chi connectivity index (χ3v) is 3.37. The summed E-state index contributed by atoms with van der Waals surface area (Å²) in [5.74, 6) is -0.441. The lowest BCUT2D eigenvalue weighted by atomic mass is 10.2. The molecule has 0 saturated carbocycles. The Morgan fingerprint density at radius 1 is 0.800 bits per heavy atom. The topological polar surface area (TPSA) is 52.6 Å². The van der Waals surface area contributed by atoms with Gasteiger partial charge in [0, 0.05) is 18.2 Å². The molecule has 0 rings (SSSR count). The van der Waals surface area contributed by atoms with Gasteiger partial charge in [-0.2, -0.15) is 0 Å². The van der Waals surface area contributed by atoms with Crippen LogP contribution in [0.1, 0.15) is 64.7 Å². The van der Waals surface area contributed by atoms with E-state index in [-0.39, 0.29) is 11.9 Å². The van der Waals surface area contributed by atoms with Crippen molar-refractivity contribution in [3.63, 3.8) is 0 Å². The zero-order chi connectivity index (χ0) is 15.1. The molecule has 0 spiro atoms. The van der Waals surface area contributed by atoms with Crippen LogP contribution in [0.3, 0.4) is 0 Å². The minimum Gasteiger partial charge on any atom is -0.466 e.